The Morgan fingerprint density at radius 1 is 1.05 bits per heavy atom. The summed E-state index contributed by atoms with van der Waals surface area (Å²) in [6.07, 6.45) is 3.40. The van der Waals surface area contributed by atoms with Gasteiger partial charge in [0.1, 0.15) is 0 Å². The van der Waals surface area contributed by atoms with Gasteiger partial charge in [-0.3, -0.25) is 0 Å². The molecule has 1 atom stereocenters. The highest BCUT2D eigenvalue weighted by Gasteiger charge is 2.23. The minimum atomic E-state index is 0.666. The molecule has 0 bridgehead atoms. The van der Waals surface area contributed by atoms with Crippen molar-refractivity contribution in [2.24, 2.45) is 5.73 Å². The summed E-state index contributed by atoms with van der Waals surface area (Å²) in [6, 6.07) is 19.9. The first-order valence-corrected chi connectivity index (χ1v) is 7.96. The zero-order valence-corrected chi connectivity index (χ0v) is 12.5. The van der Waals surface area contributed by atoms with Crippen LogP contribution in [0.5, 0.6) is 0 Å². The molecule has 2 N–H and O–H groups in total. The van der Waals surface area contributed by atoms with Crippen molar-refractivity contribution in [3.8, 4) is 0 Å². The van der Waals surface area contributed by atoms with Crippen LogP contribution in [0.1, 0.15) is 29.9 Å². The third-order valence-corrected chi connectivity index (χ3v) is 4.40. The van der Waals surface area contributed by atoms with Gasteiger partial charge in [-0.25, -0.2) is 0 Å². The fourth-order valence-corrected chi connectivity index (χ4v) is 3.21. The molecule has 0 spiro atoms. The number of benzene rings is 2. The Kier molecular flexibility index (Phi) is 4.56. The maximum Gasteiger partial charge on any atom is 0.0369 e. The number of hydrogen-bond acceptors (Lipinski definition) is 2. The third kappa shape index (κ3) is 3.45. The molecule has 2 nitrogen and oxygen atoms in total. The van der Waals surface area contributed by atoms with E-state index < -0.39 is 0 Å². The van der Waals surface area contributed by atoms with Gasteiger partial charge in [0.05, 0.1) is 0 Å². The summed E-state index contributed by atoms with van der Waals surface area (Å²) in [5, 5.41) is 0. The molecule has 0 aliphatic carbocycles. The van der Waals surface area contributed by atoms with Gasteiger partial charge < -0.3 is 10.6 Å². The standard InChI is InChI=1S/C19H24N2/c20-12-5-7-16-6-4-10-19(14-16)21-13-11-18(15-21)17-8-2-1-3-9-17/h1-4,6,8-10,14,18H,5,7,11-13,15,20H2. The molecular formula is C19H24N2. The lowest BCUT2D eigenvalue weighted by Gasteiger charge is -2.19. The zero-order valence-electron chi connectivity index (χ0n) is 12.5. The van der Waals surface area contributed by atoms with Gasteiger partial charge in [-0.2, -0.15) is 0 Å². The van der Waals surface area contributed by atoms with Crippen molar-refractivity contribution in [3.63, 3.8) is 0 Å². The summed E-state index contributed by atoms with van der Waals surface area (Å²) in [5.74, 6) is 0.666. The molecule has 0 radical (unpaired) electrons. The third-order valence-electron chi connectivity index (χ3n) is 4.40. The second-order valence-corrected chi connectivity index (χ2v) is 5.90. The molecule has 1 aliphatic heterocycles. The van der Waals surface area contributed by atoms with Gasteiger partial charge in [0.25, 0.3) is 0 Å². The average Bonchev–Trinajstić information content (AvgIpc) is 3.04. The lowest BCUT2D eigenvalue weighted by molar-refractivity contribution is 0.775. The molecule has 1 fully saturated rings. The molecule has 1 heterocycles. The van der Waals surface area contributed by atoms with E-state index in [2.05, 4.69) is 59.5 Å². The maximum atomic E-state index is 5.61. The molecule has 3 rings (SSSR count). The Morgan fingerprint density at radius 3 is 2.71 bits per heavy atom. The van der Waals surface area contributed by atoms with Crippen LogP contribution in [0, 0.1) is 0 Å². The molecule has 1 aliphatic rings. The van der Waals surface area contributed by atoms with Crippen LogP contribution in [-0.4, -0.2) is 19.6 Å². The molecule has 0 saturated carbocycles. The number of nitrogens with zero attached hydrogens (tertiary/aromatic N) is 1. The first-order chi connectivity index (χ1) is 10.4. The molecule has 2 heteroatoms. The normalized spacial score (nSPS) is 18.1. The minimum absolute atomic E-state index is 0.666. The van der Waals surface area contributed by atoms with Crippen molar-refractivity contribution in [2.75, 3.05) is 24.5 Å². The minimum Gasteiger partial charge on any atom is -0.371 e. The van der Waals surface area contributed by atoms with Crippen molar-refractivity contribution >= 4 is 5.69 Å². The Balaban J connectivity index is 1.68. The first kappa shape index (κ1) is 14.2. The van der Waals surface area contributed by atoms with Crippen LogP contribution >= 0.6 is 0 Å². The number of hydrogen-bond donors (Lipinski definition) is 1. The van der Waals surface area contributed by atoms with E-state index in [1.807, 2.05) is 0 Å². The Hall–Kier alpha value is -1.80. The highest BCUT2D eigenvalue weighted by Crippen LogP contribution is 2.31. The molecule has 0 aromatic heterocycles. The monoisotopic (exact) mass is 280 g/mol. The quantitative estimate of drug-likeness (QED) is 0.907. The van der Waals surface area contributed by atoms with Crippen LogP contribution in [0.15, 0.2) is 54.6 Å². The Labute approximate surface area is 127 Å². The van der Waals surface area contributed by atoms with Crippen LogP contribution in [0.4, 0.5) is 5.69 Å². The molecule has 21 heavy (non-hydrogen) atoms. The van der Waals surface area contributed by atoms with Gasteiger partial charge in [-0.15, -0.1) is 0 Å². The molecule has 2 aromatic rings. The fraction of sp³-hybridized carbons (Fsp3) is 0.368. The van der Waals surface area contributed by atoms with Crippen LogP contribution in [0.25, 0.3) is 0 Å². The predicted octanol–water partition coefficient (Wildman–Crippen LogP) is 3.57. The summed E-state index contributed by atoms with van der Waals surface area (Å²) >= 11 is 0. The van der Waals surface area contributed by atoms with Crippen molar-refractivity contribution < 1.29 is 0 Å². The van der Waals surface area contributed by atoms with Crippen LogP contribution in [0.2, 0.25) is 0 Å². The van der Waals surface area contributed by atoms with E-state index in [1.54, 1.807) is 0 Å². The van der Waals surface area contributed by atoms with Gasteiger partial charge in [-0.1, -0.05) is 42.5 Å². The molecule has 1 unspecified atom stereocenters. The summed E-state index contributed by atoms with van der Waals surface area (Å²) in [5.41, 5.74) is 9.85. The van der Waals surface area contributed by atoms with E-state index in [0.717, 1.165) is 32.5 Å². The van der Waals surface area contributed by atoms with Crippen molar-refractivity contribution in [2.45, 2.75) is 25.2 Å². The van der Waals surface area contributed by atoms with Gasteiger partial charge in [-0.05, 0) is 49.1 Å². The second kappa shape index (κ2) is 6.77. The summed E-state index contributed by atoms with van der Waals surface area (Å²) in [4.78, 5) is 2.52. The van der Waals surface area contributed by atoms with E-state index in [-0.39, 0.29) is 0 Å². The number of aryl methyl sites for hydroxylation is 1. The summed E-state index contributed by atoms with van der Waals surface area (Å²) in [7, 11) is 0. The molecule has 110 valence electrons. The second-order valence-electron chi connectivity index (χ2n) is 5.90. The fourth-order valence-electron chi connectivity index (χ4n) is 3.21. The maximum absolute atomic E-state index is 5.61. The Morgan fingerprint density at radius 2 is 1.90 bits per heavy atom. The van der Waals surface area contributed by atoms with Crippen LogP contribution in [-0.2, 0) is 6.42 Å². The van der Waals surface area contributed by atoms with E-state index in [1.165, 1.54) is 23.2 Å². The number of anilines is 1. The van der Waals surface area contributed by atoms with Gasteiger partial charge in [0.2, 0.25) is 0 Å². The highest BCUT2D eigenvalue weighted by atomic mass is 15.1. The van der Waals surface area contributed by atoms with Gasteiger partial charge in [0, 0.05) is 24.7 Å². The Bertz CT molecular complexity index is 565. The van der Waals surface area contributed by atoms with Crippen molar-refractivity contribution in [1.82, 2.24) is 0 Å². The lowest BCUT2D eigenvalue weighted by Crippen LogP contribution is -2.19. The smallest absolute Gasteiger partial charge is 0.0369 e. The van der Waals surface area contributed by atoms with E-state index >= 15 is 0 Å². The topological polar surface area (TPSA) is 29.3 Å². The highest BCUT2D eigenvalue weighted by molar-refractivity contribution is 5.50. The van der Waals surface area contributed by atoms with Crippen molar-refractivity contribution in [1.29, 1.82) is 0 Å². The lowest BCUT2D eigenvalue weighted by atomic mass is 9.99. The van der Waals surface area contributed by atoms with Crippen LogP contribution < -0.4 is 10.6 Å². The van der Waals surface area contributed by atoms with Crippen LogP contribution in [0.3, 0.4) is 0 Å². The number of nitrogens with two attached hydrogens (primary N) is 1. The van der Waals surface area contributed by atoms with Crippen molar-refractivity contribution in [3.05, 3.63) is 65.7 Å². The largest absolute Gasteiger partial charge is 0.371 e. The summed E-state index contributed by atoms with van der Waals surface area (Å²) < 4.78 is 0. The van der Waals surface area contributed by atoms with Gasteiger partial charge in [0.15, 0.2) is 0 Å². The predicted molar refractivity (Wildman–Crippen MR) is 89.8 cm³/mol. The molecule has 2 aromatic carbocycles. The molecule has 1 saturated heterocycles. The molecular weight excluding hydrogens is 256 g/mol. The van der Waals surface area contributed by atoms with E-state index in [4.69, 9.17) is 5.73 Å². The first-order valence-electron chi connectivity index (χ1n) is 7.96. The van der Waals surface area contributed by atoms with Gasteiger partial charge >= 0.3 is 0 Å². The van der Waals surface area contributed by atoms with E-state index in [0.29, 0.717) is 5.92 Å². The molecule has 0 amide bonds. The summed E-state index contributed by atoms with van der Waals surface area (Å²) in [6.45, 7) is 3.05. The zero-order chi connectivity index (χ0) is 14.5. The van der Waals surface area contributed by atoms with E-state index in [9.17, 15) is 0 Å². The SMILES string of the molecule is NCCCc1cccc(N2CCC(c3ccccc3)C2)c1. The number of rotatable bonds is 5. The average molecular weight is 280 g/mol.